The lowest BCUT2D eigenvalue weighted by Crippen LogP contribution is -2.45. The Labute approximate surface area is 132 Å². The van der Waals surface area contributed by atoms with E-state index in [1.54, 1.807) is 18.3 Å². The first-order valence-corrected chi connectivity index (χ1v) is 7.20. The van der Waals surface area contributed by atoms with E-state index in [0.717, 1.165) is 16.5 Å². The molecule has 0 saturated carbocycles. The number of benzene rings is 1. The molecule has 2 amide bonds. The van der Waals surface area contributed by atoms with Crippen molar-refractivity contribution in [2.45, 2.75) is 12.5 Å². The highest BCUT2D eigenvalue weighted by molar-refractivity contribution is 5.97. The Morgan fingerprint density at radius 2 is 2.04 bits per heavy atom. The summed E-state index contributed by atoms with van der Waals surface area (Å²) in [6, 6.07) is 10.3. The van der Waals surface area contributed by atoms with E-state index >= 15 is 0 Å². The number of carbonyl (C=O) groups excluding carboxylic acids is 2. The van der Waals surface area contributed by atoms with E-state index in [0.29, 0.717) is 12.0 Å². The number of amides is 2. The molecular formula is C17H16N4O2. The van der Waals surface area contributed by atoms with E-state index in [1.807, 2.05) is 30.5 Å². The molecule has 0 aliphatic carbocycles. The molecule has 0 saturated heterocycles. The van der Waals surface area contributed by atoms with Gasteiger partial charge in [-0.2, -0.15) is 0 Å². The number of nitrogens with zero attached hydrogens (tertiary/aromatic N) is 1. The number of carbonyl (C=O) groups is 2. The van der Waals surface area contributed by atoms with Gasteiger partial charge in [-0.15, -0.1) is 0 Å². The van der Waals surface area contributed by atoms with Gasteiger partial charge >= 0.3 is 0 Å². The molecule has 0 aliphatic rings. The van der Waals surface area contributed by atoms with Gasteiger partial charge in [0, 0.05) is 35.9 Å². The third kappa shape index (κ3) is 3.21. The van der Waals surface area contributed by atoms with Gasteiger partial charge in [-0.25, -0.2) is 0 Å². The minimum absolute atomic E-state index is 0.325. The lowest BCUT2D eigenvalue weighted by molar-refractivity contribution is -0.119. The third-order valence-electron chi connectivity index (χ3n) is 3.67. The van der Waals surface area contributed by atoms with Crippen molar-refractivity contribution in [1.82, 2.24) is 15.3 Å². The standard InChI is InChI=1S/C17H16N4O2/c18-16(22)15(21-17(23)11-4-3-7-19-9-11)8-12-10-20-14-6-2-1-5-13(12)14/h1-7,9-10,15,20H,8H2,(H2,18,22)(H,21,23)/t15-/m1/s1. The second kappa shape index (κ2) is 6.31. The largest absolute Gasteiger partial charge is 0.368 e. The second-order valence-electron chi connectivity index (χ2n) is 5.23. The number of primary amides is 1. The molecule has 0 unspecified atom stereocenters. The van der Waals surface area contributed by atoms with Crippen molar-refractivity contribution in [3.05, 3.63) is 66.1 Å². The highest BCUT2D eigenvalue weighted by Gasteiger charge is 2.20. The number of aromatic nitrogens is 2. The van der Waals surface area contributed by atoms with Crippen LogP contribution in [0.4, 0.5) is 0 Å². The van der Waals surface area contributed by atoms with Gasteiger partial charge in [-0.05, 0) is 23.8 Å². The van der Waals surface area contributed by atoms with Crippen molar-refractivity contribution >= 4 is 22.7 Å². The summed E-state index contributed by atoms with van der Waals surface area (Å²) in [4.78, 5) is 30.9. The molecule has 2 aromatic heterocycles. The Balaban J connectivity index is 1.80. The first-order chi connectivity index (χ1) is 11.1. The van der Waals surface area contributed by atoms with Crippen LogP contribution in [0.1, 0.15) is 15.9 Å². The zero-order valence-electron chi connectivity index (χ0n) is 12.3. The lowest BCUT2D eigenvalue weighted by Gasteiger charge is -2.15. The van der Waals surface area contributed by atoms with Gasteiger partial charge in [0.25, 0.3) is 5.91 Å². The number of hydrogen-bond donors (Lipinski definition) is 3. The maximum atomic E-state index is 12.2. The van der Waals surface area contributed by atoms with Gasteiger partial charge in [0.2, 0.25) is 5.91 Å². The molecular weight excluding hydrogens is 292 g/mol. The van der Waals surface area contributed by atoms with Crippen LogP contribution < -0.4 is 11.1 Å². The quantitative estimate of drug-likeness (QED) is 0.664. The number of para-hydroxylation sites is 1. The first-order valence-electron chi connectivity index (χ1n) is 7.20. The van der Waals surface area contributed by atoms with Gasteiger partial charge in [0.1, 0.15) is 6.04 Å². The zero-order chi connectivity index (χ0) is 16.2. The lowest BCUT2D eigenvalue weighted by atomic mass is 10.0. The highest BCUT2D eigenvalue weighted by Crippen LogP contribution is 2.19. The minimum atomic E-state index is -0.790. The predicted octanol–water partition coefficient (Wildman–Crippen LogP) is 1.39. The molecule has 6 nitrogen and oxygen atoms in total. The number of rotatable bonds is 5. The summed E-state index contributed by atoms with van der Waals surface area (Å²) >= 11 is 0. The summed E-state index contributed by atoms with van der Waals surface area (Å²) in [5.74, 6) is -0.950. The van der Waals surface area contributed by atoms with E-state index in [-0.39, 0.29) is 5.91 Å². The molecule has 3 aromatic rings. The predicted molar refractivity (Wildman–Crippen MR) is 86.7 cm³/mol. The Morgan fingerprint density at radius 3 is 2.78 bits per heavy atom. The molecule has 0 spiro atoms. The molecule has 23 heavy (non-hydrogen) atoms. The maximum absolute atomic E-state index is 12.2. The molecule has 0 bridgehead atoms. The number of hydrogen-bond acceptors (Lipinski definition) is 3. The average molecular weight is 308 g/mol. The van der Waals surface area contributed by atoms with Crippen molar-refractivity contribution in [1.29, 1.82) is 0 Å². The molecule has 0 fully saturated rings. The molecule has 0 radical (unpaired) electrons. The summed E-state index contributed by atoms with van der Waals surface area (Å²) in [5.41, 5.74) is 7.73. The Hall–Kier alpha value is -3.15. The molecule has 3 rings (SSSR count). The molecule has 4 N–H and O–H groups in total. The Morgan fingerprint density at radius 1 is 1.22 bits per heavy atom. The summed E-state index contributed by atoms with van der Waals surface area (Å²) in [6.07, 6.45) is 5.18. The Bertz CT molecular complexity index is 842. The van der Waals surface area contributed by atoms with Crippen LogP contribution in [0, 0.1) is 0 Å². The number of H-pyrrole nitrogens is 1. The van der Waals surface area contributed by atoms with Gasteiger partial charge < -0.3 is 16.0 Å². The summed E-state index contributed by atoms with van der Waals surface area (Å²) in [5, 5.41) is 3.68. The van der Waals surface area contributed by atoms with Crippen molar-refractivity contribution in [3.8, 4) is 0 Å². The molecule has 1 atom stereocenters. The zero-order valence-corrected chi connectivity index (χ0v) is 12.3. The van der Waals surface area contributed by atoms with Crippen LogP contribution in [0.25, 0.3) is 10.9 Å². The van der Waals surface area contributed by atoms with Crippen molar-refractivity contribution in [2.24, 2.45) is 5.73 Å². The number of pyridine rings is 1. The fraction of sp³-hybridized carbons (Fsp3) is 0.118. The summed E-state index contributed by atoms with van der Waals surface area (Å²) in [7, 11) is 0. The van der Waals surface area contributed by atoms with Gasteiger partial charge in [-0.1, -0.05) is 18.2 Å². The van der Waals surface area contributed by atoms with Crippen molar-refractivity contribution in [2.75, 3.05) is 0 Å². The third-order valence-corrected chi connectivity index (χ3v) is 3.67. The fourth-order valence-corrected chi connectivity index (χ4v) is 2.48. The topological polar surface area (TPSA) is 101 Å². The van der Waals surface area contributed by atoms with Gasteiger partial charge in [-0.3, -0.25) is 14.6 Å². The van der Waals surface area contributed by atoms with E-state index < -0.39 is 11.9 Å². The monoisotopic (exact) mass is 308 g/mol. The normalized spacial score (nSPS) is 12.0. The molecule has 116 valence electrons. The maximum Gasteiger partial charge on any atom is 0.253 e. The number of nitrogens with two attached hydrogens (primary N) is 1. The van der Waals surface area contributed by atoms with E-state index in [1.165, 1.54) is 6.20 Å². The molecule has 6 heteroatoms. The summed E-state index contributed by atoms with van der Waals surface area (Å²) in [6.45, 7) is 0. The highest BCUT2D eigenvalue weighted by atomic mass is 16.2. The molecule has 1 aromatic carbocycles. The average Bonchev–Trinajstić information content (AvgIpc) is 2.98. The van der Waals surface area contributed by atoms with E-state index in [2.05, 4.69) is 15.3 Å². The summed E-state index contributed by atoms with van der Waals surface area (Å²) < 4.78 is 0. The SMILES string of the molecule is NC(=O)[C@@H](Cc1c[nH]c2ccccc12)NC(=O)c1cccnc1. The minimum Gasteiger partial charge on any atom is -0.368 e. The van der Waals surface area contributed by atoms with Crippen LogP contribution in [0.5, 0.6) is 0 Å². The molecule has 2 heterocycles. The first kappa shape index (κ1) is 14.8. The molecule has 0 aliphatic heterocycles. The van der Waals surface area contributed by atoms with E-state index in [4.69, 9.17) is 5.73 Å². The van der Waals surface area contributed by atoms with Crippen molar-refractivity contribution in [3.63, 3.8) is 0 Å². The van der Waals surface area contributed by atoms with Gasteiger partial charge in [0.15, 0.2) is 0 Å². The smallest absolute Gasteiger partial charge is 0.253 e. The van der Waals surface area contributed by atoms with Crippen LogP contribution in [0.3, 0.4) is 0 Å². The fourth-order valence-electron chi connectivity index (χ4n) is 2.48. The van der Waals surface area contributed by atoms with Gasteiger partial charge in [0.05, 0.1) is 5.56 Å². The van der Waals surface area contributed by atoms with Crippen LogP contribution >= 0.6 is 0 Å². The van der Waals surface area contributed by atoms with Crippen molar-refractivity contribution < 1.29 is 9.59 Å². The number of fused-ring (bicyclic) bond motifs is 1. The van der Waals surface area contributed by atoms with E-state index in [9.17, 15) is 9.59 Å². The second-order valence-corrected chi connectivity index (χ2v) is 5.23. The van der Waals surface area contributed by atoms with Crippen LogP contribution in [0.2, 0.25) is 0 Å². The number of aromatic amines is 1. The number of nitrogens with one attached hydrogen (secondary N) is 2. The van der Waals surface area contributed by atoms with Crippen LogP contribution in [-0.2, 0) is 11.2 Å². The Kier molecular flexibility index (Phi) is 4.05. The van der Waals surface area contributed by atoms with Crippen LogP contribution in [-0.4, -0.2) is 27.8 Å². The van der Waals surface area contributed by atoms with Crippen LogP contribution in [0.15, 0.2) is 55.0 Å².